The van der Waals surface area contributed by atoms with E-state index in [0.29, 0.717) is 11.8 Å². The number of halogens is 3. The number of rotatable bonds is 3. The Kier molecular flexibility index (Phi) is 4.65. The van der Waals surface area contributed by atoms with Crippen LogP contribution in [0.4, 0.5) is 13.2 Å². The highest BCUT2D eigenvalue weighted by atomic mass is 19.4. The lowest BCUT2D eigenvalue weighted by Gasteiger charge is -2.34. The fourth-order valence-electron chi connectivity index (χ4n) is 2.87. The van der Waals surface area contributed by atoms with Crippen molar-refractivity contribution in [3.8, 4) is 0 Å². The molecule has 3 unspecified atom stereocenters. The van der Waals surface area contributed by atoms with Crippen LogP contribution < -0.4 is 0 Å². The van der Waals surface area contributed by atoms with E-state index < -0.39 is 18.7 Å². The van der Waals surface area contributed by atoms with Gasteiger partial charge in [-0.2, -0.15) is 13.2 Å². The van der Waals surface area contributed by atoms with Gasteiger partial charge in [-0.15, -0.1) is 0 Å². The molecule has 0 aromatic carbocycles. The second-order valence-corrected chi connectivity index (χ2v) is 5.40. The zero-order chi connectivity index (χ0) is 12.3. The van der Waals surface area contributed by atoms with Gasteiger partial charge in [-0.3, -0.25) is 0 Å². The first-order valence-corrected chi connectivity index (χ1v) is 6.02. The zero-order valence-electron chi connectivity index (χ0n) is 9.93. The average molecular weight is 238 g/mol. The fourth-order valence-corrected chi connectivity index (χ4v) is 2.87. The van der Waals surface area contributed by atoms with Crippen molar-refractivity contribution < 1.29 is 18.3 Å². The predicted octanol–water partition coefficient (Wildman–Crippen LogP) is 3.76. The molecule has 96 valence electrons. The molecule has 16 heavy (non-hydrogen) atoms. The van der Waals surface area contributed by atoms with Crippen LogP contribution in [0.3, 0.4) is 0 Å². The fraction of sp³-hybridized carbons (Fsp3) is 1.00. The van der Waals surface area contributed by atoms with Crippen LogP contribution in [0.15, 0.2) is 0 Å². The predicted molar refractivity (Wildman–Crippen MR) is 57.0 cm³/mol. The van der Waals surface area contributed by atoms with Crippen molar-refractivity contribution in [2.45, 2.75) is 58.2 Å². The van der Waals surface area contributed by atoms with E-state index in [-0.39, 0.29) is 12.3 Å². The summed E-state index contributed by atoms with van der Waals surface area (Å²) in [5, 5.41) is 9.77. The van der Waals surface area contributed by atoms with Gasteiger partial charge in [0.05, 0.1) is 6.10 Å². The third-order valence-corrected chi connectivity index (χ3v) is 3.48. The Balaban J connectivity index is 2.38. The topological polar surface area (TPSA) is 20.2 Å². The third kappa shape index (κ3) is 4.73. The Hall–Kier alpha value is -0.250. The minimum atomic E-state index is -4.15. The number of aliphatic hydroxyl groups is 1. The molecule has 3 atom stereocenters. The van der Waals surface area contributed by atoms with Gasteiger partial charge >= 0.3 is 6.18 Å². The summed E-state index contributed by atoms with van der Waals surface area (Å²) in [5.41, 5.74) is 0. The average Bonchev–Trinajstić information content (AvgIpc) is 2.11. The second-order valence-electron chi connectivity index (χ2n) is 5.40. The number of hydrogen-bond acceptors (Lipinski definition) is 1. The summed E-state index contributed by atoms with van der Waals surface area (Å²) in [6.45, 7) is 4.22. The van der Waals surface area contributed by atoms with Crippen LogP contribution in [-0.2, 0) is 0 Å². The number of hydrogen-bond donors (Lipinski definition) is 1. The molecule has 0 spiro atoms. The molecule has 0 aromatic rings. The van der Waals surface area contributed by atoms with Crippen LogP contribution in [0.2, 0.25) is 0 Å². The minimum Gasteiger partial charge on any atom is -0.393 e. The lowest BCUT2D eigenvalue weighted by Crippen LogP contribution is -2.30. The third-order valence-electron chi connectivity index (χ3n) is 3.48. The Morgan fingerprint density at radius 1 is 1.12 bits per heavy atom. The highest BCUT2D eigenvalue weighted by molar-refractivity contribution is 4.80. The van der Waals surface area contributed by atoms with E-state index in [4.69, 9.17) is 0 Å². The van der Waals surface area contributed by atoms with E-state index >= 15 is 0 Å². The van der Waals surface area contributed by atoms with Crippen molar-refractivity contribution in [1.29, 1.82) is 0 Å². The summed E-state index contributed by atoms with van der Waals surface area (Å²) < 4.78 is 36.1. The maximum atomic E-state index is 12.0. The van der Waals surface area contributed by atoms with Crippen LogP contribution >= 0.6 is 0 Å². The molecule has 0 saturated heterocycles. The second kappa shape index (κ2) is 5.39. The van der Waals surface area contributed by atoms with Gasteiger partial charge in [-0.1, -0.05) is 13.8 Å². The number of aliphatic hydroxyl groups excluding tert-OH is 1. The smallest absolute Gasteiger partial charge is 0.389 e. The molecule has 0 aliphatic heterocycles. The van der Waals surface area contributed by atoms with Crippen LogP contribution in [0.5, 0.6) is 0 Å². The van der Waals surface area contributed by atoms with Gasteiger partial charge < -0.3 is 5.11 Å². The van der Waals surface area contributed by atoms with Crippen LogP contribution in [0.1, 0.15) is 46.0 Å². The molecule has 0 aromatic heterocycles. The molecule has 4 heteroatoms. The Morgan fingerprint density at radius 3 is 2.06 bits per heavy atom. The van der Waals surface area contributed by atoms with Gasteiger partial charge in [0.15, 0.2) is 0 Å². The van der Waals surface area contributed by atoms with Crippen molar-refractivity contribution >= 4 is 0 Å². The van der Waals surface area contributed by atoms with Crippen LogP contribution in [-0.4, -0.2) is 17.4 Å². The maximum Gasteiger partial charge on any atom is 0.389 e. The van der Waals surface area contributed by atoms with E-state index in [1.807, 2.05) is 0 Å². The quantitative estimate of drug-likeness (QED) is 0.793. The van der Waals surface area contributed by atoms with Crippen molar-refractivity contribution in [3.63, 3.8) is 0 Å². The molecule has 1 fully saturated rings. The first-order valence-electron chi connectivity index (χ1n) is 6.02. The minimum absolute atomic E-state index is 0.0566. The summed E-state index contributed by atoms with van der Waals surface area (Å²) in [7, 11) is 0. The summed E-state index contributed by atoms with van der Waals surface area (Å²) in [6, 6.07) is 0. The van der Waals surface area contributed by atoms with Crippen LogP contribution in [0.25, 0.3) is 0 Å². The van der Waals surface area contributed by atoms with E-state index in [2.05, 4.69) is 13.8 Å². The molecule has 1 rings (SSSR count). The number of alkyl halides is 3. The van der Waals surface area contributed by atoms with Gasteiger partial charge in [0, 0.05) is 6.42 Å². The Morgan fingerprint density at radius 2 is 1.62 bits per heavy atom. The van der Waals surface area contributed by atoms with Gasteiger partial charge in [-0.05, 0) is 43.4 Å². The highest BCUT2D eigenvalue weighted by Gasteiger charge is 2.33. The molecule has 0 radical (unpaired) electrons. The molecule has 0 amide bonds. The van der Waals surface area contributed by atoms with Gasteiger partial charge in [0.2, 0.25) is 0 Å². The molecule has 1 saturated carbocycles. The summed E-state index contributed by atoms with van der Waals surface area (Å²) in [5.74, 6) is 1.10. The molecule has 0 heterocycles. The lowest BCUT2D eigenvalue weighted by molar-refractivity contribution is -0.142. The molecular formula is C12H21F3O. The van der Waals surface area contributed by atoms with Gasteiger partial charge in [-0.25, -0.2) is 0 Å². The van der Waals surface area contributed by atoms with Gasteiger partial charge in [0.25, 0.3) is 0 Å². The largest absolute Gasteiger partial charge is 0.393 e. The molecule has 1 aliphatic carbocycles. The van der Waals surface area contributed by atoms with Crippen molar-refractivity contribution in [2.75, 3.05) is 0 Å². The standard InChI is InChI=1S/C12H21F3O/c1-8-5-9(2)7-10(6-8)11(16)3-4-12(13,14)15/h8-11,16H,3-7H2,1-2H3. The maximum absolute atomic E-state index is 12.0. The van der Waals surface area contributed by atoms with Crippen molar-refractivity contribution in [1.82, 2.24) is 0 Å². The Labute approximate surface area is 95.0 Å². The van der Waals surface area contributed by atoms with E-state index in [0.717, 1.165) is 19.3 Å². The molecule has 0 bridgehead atoms. The first kappa shape index (κ1) is 13.8. The highest BCUT2D eigenvalue weighted by Crippen LogP contribution is 2.36. The first-order chi connectivity index (χ1) is 7.28. The molecular weight excluding hydrogens is 217 g/mol. The van der Waals surface area contributed by atoms with Crippen molar-refractivity contribution in [3.05, 3.63) is 0 Å². The zero-order valence-corrected chi connectivity index (χ0v) is 9.93. The summed E-state index contributed by atoms with van der Waals surface area (Å²) in [4.78, 5) is 0. The van der Waals surface area contributed by atoms with Gasteiger partial charge in [0.1, 0.15) is 0 Å². The lowest BCUT2D eigenvalue weighted by atomic mass is 9.74. The Bertz CT molecular complexity index is 205. The van der Waals surface area contributed by atoms with E-state index in [1.54, 1.807) is 0 Å². The summed E-state index contributed by atoms with van der Waals surface area (Å²) >= 11 is 0. The normalized spacial score (nSPS) is 33.8. The van der Waals surface area contributed by atoms with E-state index in [1.165, 1.54) is 0 Å². The monoisotopic (exact) mass is 238 g/mol. The van der Waals surface area contributed by atoms with Crippen LogP contribution in [0, 0.1) is 17.8 Å². The molecule has 1 nitrogen and oxygen atoms in total. The SMILES string of the molecule is CC1CC(C)CC(C(O)CCC(F)(F)F)C1. The molecule has 1 aliphatic rings. The summed E-state index contributed by atoms with van der Waals surface area (Å²) in [6.07, 6.45) is -3.09. The van der Waals surface area contributed by atoms with Crippen molar-refractivity contribution in [2.24, 2.45) is 17.8 Å². The molecule has 1 N–H and O–H groups in total. The van der Waals surface area contributed by atoms with E-state index in [9.17, 15) is 18.3 Å².